The summed E-state index contributed by atoms with van der Waals surface area (Å²) in [5.74, 6) is 0.667. The second-order valence-corrected chi connectivity index (χ2v) is 4.89. The van der Waals surface area contributed by atoms with E-state index in [0.717, 1.165) is 13.1 Å². The highest BCUT2D eigenvalue weighted by molar-refractivity contribution is 5.27. The zero-order chi connectivity index (χ0) is 12.4. The molecule has 2 atom stereocenters. The predicted molar refractivity (Wildman–Crippen MR) is 72.4 cm³/mol. The Morgan fingerprint density at radius 3 is 2.94 bits per heavy atom. The Labute approximate surface area is 108 Å². The molecule has 1 aliphatic rings. The van der Waals surface area contributed by atoms with Crippen LogP contribution in [0.25, 0.3) is 0 Å². The van der Waals surface area contributed by atoms with E-state index in [1.165, 1.54) is 17.7 Å². The van der Waals surface area contributed by atoms with Gasteiger partial charge in [0, 0.05) is 24.7 Å². The normalized spacial score (nSPS) is 22.1. The SMILES string of the molecule is CCNCc1cncn1C1CC1c1ccccc1. The topological polar surface area (TPSA) is 29.9 Å². The minimum atomic E-state index is 0.601. The van der Waals surface area contributed by atoms with Crippen molar-refractivity contribution in [1.29, 1.82) is 0 Å². The number of imidazole rings is 1. The van der Waals surface area contributed by atoms with E-state index < -0.39 is 0 Å². The Hall–Kier alpha value is -1.61. The van der Waals surface area contributed by atoms with Crippen LogP contribution in [0.4, 0.5) is 0 Å². The van der Waals surface area contributed by atoms with Gasteiger partial charge < -0.3 is 9.88 Å². The van der Waals surface area contributed by atoms with E-state index >= 15 is 0 Å². The minimum absolute atomic E-state index is 0.601. The molecule has 2 aromatic rings. The van der Waals surface area contributed by atoms with Crippen LogP contribution >= 0.6 is 0 Å². The molecule has 18 heavy (non-hydrogen) atoms. The fourth-order valence-corrected chi connectivity index (χ4v) is 2.57. The molecule has 1 saturated carbocycles. The molecule has 3 rings (SSSR count). The van der Waals surface area contributed by atoms with Gasteiger partial charge in [-0.05, 0) is 18.5 Å². The molecule has 0 saturated heterocycles. The lowest BCUT2D eigenvalue weighted by Crippen LogP contribution is -2.15. The van der Waals surface area contributed by atoms with Gasteiger partial charge in [0.25, 0.3) is 0 Å². The summed E-state index contributed by atoms with van der Waals surface area (Å²) >= 11 is 0. The van der Waals surface area contributed by atoms with Crippen LogP contribution in [0.3, 0.4) is 0 Å². The first-order valence-electron chi connectivity index (χ1n) is 6.66. The first-order valence-corrected chi connectivity index (χ1v) is 6.66. The van der Waals surface area contributed by atoms with Crippen LogP contribution in [-0.2, 0) is 6.54 Å². The summed E-state index contributed by atoms with van der Waals surface area (Å²) in [5.41, 5.74) is 2.74. The summed E-state index contributed by atoms with van der Waals surface area (Å²) in [6.45, 7) is 4.04. The molecule has 1 N–H and O–H groups in total. The van der Waals surface area contributed by atoms with Gasteiger partial charge in [0.1, 0.15) is 0 Å². The highest BCUT2D eigenvalue weighted by Crippen LogP contribution is 2.51. The summed E-state index contributed by atoms with van der Waals surface area (Å²) in [6, 6.07) is 11.4. The Morgan fingerprint density at radius 2 is 2.17 bits per heavy atom. The summed E-state index contributed by atoms with van der Waals surface area (Å²) in [6.07, 6.45) is 5.18. The largest absolute Gasteiger partial charge is 0.330 e. The maximum absolute atomic E-state index is 4.29. The molecule has 0 bridgehead atoms. The molecule has 94 valence electrons. The van der Waals surface area contributed by atoms with Gasteiger partial charge >= 0.3 is 0 Å². The lowest BCUT2D eigenvalue weighted by Gasteiger charge is -2.08. The quantitative estimate of drug-likeness (QED) is 0.872. The van der Waals surface area contributed by atoms with Crippen LogP contribution in [0.1, 0.15) is 36.6 Å². The van der Waals surface area contributed by atoms with E-state index in [-0.39, 0.29) is 0 Å². The summed E-state index contributed by atoms with van der Waals surface area (Å²) in [4.78, 5) is 4.29. The van der Waals surface area contributed by atoms with Gasteiger partial charge in [0.2, 0.25) is 0 Å². The van der Waals surface area contributed by atoms with Gasteiger partial charge in [0.15, 0.2) is 0 Å². The molecule has 3 heteroatoms. The molecule has 1 aromatic carbocycles. The van der Waals surface area contributed by atoms with Crippen molar-refractivity contribution in [3.05, 3.63) is 54.1 Å². The average Bonchev–Trinajstić information content (AvgIpc) is 3.08. The van der Waals surface area contributed by atoms with Gasteiger partial charge in [0.05, 0.1) is 12.0 Å². The number of nitrogens with one attached hydrogen (secondary N) is 1. The van der Waals surface area contributed by atoms with Crippen molar-refractivity contribution in [2.45, 2.75) is 31.8 Å². The number of aromatic nitrogens is 2. The highest BCUT2D eigenvalue weighted by atomic mass is 15.1. The smallest absolute Gasteiger partial charge is 0.0951 e. The fourth-order valence-electron chi connectivity index (χ4n) is 2.57. The van der Waals surface area contributed by atoms with Gasteiger partial charge in [-0.3, -0.25) is 0 Å². The molecule has 0 spiro atoms. The van der Waals surface area contributed by atoms with Gasteiger partial charge in [-0.2, -0.15) is 0 Å². The van der Waals surface area contributed by atoms with Gasteiger partial charge in [-0.15, -0.1) is 0 Å². The van der Waals surface area contributed by atoms with E-state index in [1.807, 2.05) is 12.5 Å². The standard InChI is InChI=1S/C15H19N3/c1-2-16-9-13-10-17-11-18(13)15-8-14(15)12-6-4-3-5-7-12/h3-7,10-11,14-16H,2,8-9H2,1H3. The third kappa shape index (κ3) is 2.18. The molecule has 0 amide bonds. The average molecular weight is 241 g/mol. The molecule has 3 nitrogen and oxygen atoms in total. The van der Waals surface area contributed by atoms with E-state index in [1.54, 1.807) is 0 Å². The Balaban J connectivity index is 1.73. The zero-order valence-electron chi connectivity index (χ0n) is 10.7. The number of nitrogens with zero attached hydrogens (tertiary/aromatic N) is 2. The van der Waals surface area contributed by atoms with Crippen molar-refractivity contribution in [3.63, 3.8) is 0 Å². The maximum atomic E-state index is 4.29. The molecule has 1 fully saturated rings. The van der Waals surface area contributed by atoms with E-state index in [0.29, 0.717) is 12.0 Å². The van der Waals surface area contributed by atoms with Crippen molar-refractivity contribution < 1.29 is 0 Å². The molecule has 1 heterocycles. The van der Waals surface area contributed by atoms with Crippen molar-refractivity contribution in [1.82, 2.24) is 14.9 Å². The summed E-state index contributed by atoms with van der Waals surface area (Å²) in [5, 5.41) is 3.37. The second kappa shape index (κ2) is 4.94. The Morgan fingerprint density at radius 1 is 1.33 bits per heavy atom. The molecule has 1 aromatic heterocycles. The van der Waals surface area contributed by atoms with Crippen LogP contribution in [-0.4, -0.2) is 16.1 Å². The molecule has 1 aliphatic carbocycles. The summed E-state index contributed by atoms with van der Waals surface area (Å²) in [7, 11) is 0. The Kier molecular flexibility index (Phi) is 3.15. The van der Waals surface area contributed by atoms with E-state index in [9.17, 15) is 0 Å². The second-order valence-electron chi connectivity index (χ2n) is 4.89. The van der Waals surface area contributed by atoms with E-state index in [2.05, 4.69) is 52.1 Å². The number of hydrogen-bond donors (Lipinski definition) is 1. The summed E-state index contributed by atoms with van der Waals surface area (Å²) < 4.78 is 2.33. The molecule has 2 unspecified atom stereocenters. The lowest BCUT2D eigenvalue weighted by atomic mass is 10.1. The van der Waals surface area contributed by atoms with Crippen molar-refractivity contribution >= 4 is 0 Å². The predicted octanol–water partition coefficient (Wildman–Crippen LogP) is 2.72. The van der Waals surface area contributed by atoms with Gasteiger partial charge in [-0.25, -0.2) is 4.98 Å². The third-order valence-electron chi connectivity index (χ3n) is 3.64. The van der Waals surface area contributed by atoms with Crippen molar-refractivity contribution in [2.24, 2.45) is 0 Å². The highest BCUT2D eigenvalue weighted by Gasteiger charge is 2.40. The maximum Gasteiger partial charge on any atom is 0.0951 e. The first-order chi connectivity index (χ1) is 8.90. The van der Waals surface area contributed by atoms with Crippen molar-refractivity contribution in [2.75, 3.05) is 6.54 Å². The lowest BCUT2D eigenvalue weighted by molar-refractivity contribution is 0.626. The molecular weight excluding hydrogens is 222 g/mol. The van der Waals surface area contributed by atoms with Crippen molar-refractivity contribution in [3.8, 4) is 0 Å². The molecular formula is C15H19N3. The van der Waals surface area contributed by atoms with Crippen LogP contribution in [0.5, 0.6) is 0 Å². The first kappa shape index (κ1) is 11.5. The number of benzene rings is 1. The fraction of sp³-hybridized carbons (Fsp3) is 0.400. The Bertz CT molecular complexity index is 503. The third-order valence-corrected chi connectivity index (χ3v) is 3.64. The number of rotatable bonds is 5. The van der Waals surface area contributed by atoms with Gasteiger partial charge in [-0.1, -0.05) is 37.3 Å². The minimum Gasteiger partial charge on any atom is -0.330 e. The molecule has 0 radical (unpaired) electrons. The van der Waals surface area contributed by atoms with Crippen LogP contribution in [0, 0.1) is 0 Å². The van der Waals surface area contributed by atoms with Crippen LogP contribution < -0.4 is 5.32 Å². The van der Waals surface area contributed by atoms with Crippen LogP contribution in [0.15, 0.2) is 42.9 Å². The zero-order valence-corrected chi connectivity index (χ0v) is 10.7. The molecule has 0 aliphatic heterocycles. The van der Waals surface area contributed by atoms with E-state index in [4.69, 9.17) is 0 Å². The van der Waals surface area contributed by atoms with Crippen LogP contribution in [0.2, 0.25) is 0 Å². The monoisotopic (exact) mass is 241 g/mol. The number of hydrogen-bond acceptors (Lipinski definition) is 2.